The van der Waals surface area contributed by atoms with Crippen LogP contribution in [0.4, 0.5) is 8.78 Å². The van der Waals surface area contributed by atoms with E-state index in [1.54, 1.807) is 0 Å². The van der Waals surface area contributed by atoms with Crippen LogP contribution in [0.5, 0.6) is 0 Å². The first kappa shape index (κ1) is 14.9. The Bertz CT molecular complexity index is 680. The van der Waals surface area contributed by atoms with Crippen LogP contribution in [0, 0.1) is 0 Å². The van der Waals surface area contributed by atoms with Gasteiger partial charge in [0.05, 0.1) is 0 Å². The van der Waals surface area contributed by atoms with Crippen LogP contribution in [0.3, 0.4) is 0 Å². The first-order valence-corrected chi connectivity index (χ1v) is 6.63. The van der Waals surface area contributed by atoms with E-state index >= 15 is 0 Å². The monoisotopic (exact) mass is 282 g/mol. The van der Waals surface area contributed by atoms with Gasteiger partial charge in [0.2, 0.25) is 0 Å². The molecule has 0 atom stereocenters. The van der Waals surface area contributed by atoms with Crippen molar-refractivity contribution < 1.29 is 8.78 Å². The molecule has 0 aliphatic carbocycles. The Morgan fingerprint density at radius 1 is 0.857 bits per heavy atom. The van der Waals surface area contributed by atoms with Crippen LogP contribution < -0.4 is 0 Å². The molecule has 21 heavy (non-hydrogen) atoms. The molecule has 0 aromatic heterocycles. The average molecular weight is 282 g/mol. The van der Waals surface area contributed by atoms with Crippen molar-refractivity contribution in [1.29, 1.82) is 0 Å². The van der Waals surface area contributed by atoms with Crippen LogP contribution in [0.15, 0.2) is 85.0 Å². The van der Waals surface area contributed by atoms with Crippen molar-refractivity contribution in [1.82, 2.24) is 0 Å². The van der Waals surface area contributed by atoms with Gasteiger partial charge >= 0.3 is 0 Å². The third-order valence-electron chi connectivity index (χ3n) is 3.23. The lowest BCUT2D eigenvalue weighted by molar-refractivity contribution is 0.548. The zero-order chi connectivity index (χ0) is 15.2. The molecule has 0 saturated carbocycles. The zero-order valence-electron chi connectivity index (χ0n) is 11.8. The van der Waals surface area contributed by atoms with Crippen molar-refractivity contribution in [3.05, 3.63) is 96.1 Å². The third kappa shape index (κ3) is 3.76. The molecule has 0 radical (unpaired) electrons. The Kier molecular flexibility index (Phi) is 4.83. The van der Waals surface area contributed by atoms with Crippen molar-refractivity contribution in [3.8, 4) is 0 Å². The number of benzene rings is 2. The van der Waals surface area contributed by atoms with Gasteiger partial charge in [-0.15, -0.1) is 0 Å². The molecule has 0 nitrogen and oxygen atoms in total. The smallest absolute Gasteiger partial charge is 0.158 e. The highest BCUT2D eigenvalue weighted by Crippen LogP contribution is 2.29. The first-order chi connectivity index (χ1) is 10.1. The fourth-order valence-electron chi connectivity index (χ4n) is 2.07. The maximum absolute atomic E-state index is 13.7. The highest BCUT2D eigenvalue weighted by molar-refractivity contribution is 5.95. The Labute approximate surface area is 123 Å². The van der Waals surface area contributed by atoms with E-state index in [0.29, 0.717) is 5.57 Å². The fourth-order valence-corrected chi connectivity index (χ4v) is 2.07. The van der Waals surface area contributed by atoms with Crippen molar-refractivity contribution in [3.63, 3.8) is 0 Å². The second-order valence-electron chi connectivity index (χ2n) is 4.67. The van der Waals surface area contributed by atoms with Crippen LogP contribution in [0.2, 0.25) is 0 Å². The maximum Gasteiger partial charge on any atom is 0.158 e. The van der Waals surface area contributed by atoms with E-state index in [1.165, 1.54) is 6.08 Å². The summed E-state index contributed by atoms with van der Waals surface area (Å²) in [6.45, 7) is 4.89. The van der Waals surface area contributed by atoms with Crippen LogP contribution in [-0.4, -0.2) is 0 Å². The van der Waals surface area contributed by atoms with E-state index in [9.17, 15) is 8.78 Å². The molecular weight excluding hydrogens is 266 g/mol. The molecule has 0 fully saturated rings. The van der Waals surface area contributed by atoms with Crippen molar-refractivity contribution in [2.75, 3.05) is 0 Å². The van der Waals surface area contributed by atoms with Crippen LogP contribution in [0.25, 0.3) is 11.1 Å². The van der Waals surface area contributed by atoms with E-state index in [0.717, 1.165) is 16.7 Å². The minimum atomic E-state index is -1.07. The molecule has 0 aliphatic rings. The second-order valence-corrected chi connectivity index (χ2v) is 4.67. The van der Waals surface area contributed by atoms with Gasteiger partial charge < -0.3 is 0 Å². The average Bonchev–Trinajstić information content (AvgIpc) is 2.53. The summed E-state index contributed by atoms with van der Waals surface area (Å²) >= 11 is 0. The van der Waals surface area contributed by atoms with Gasteiger partial charge in [-0.3, -0.25) is 0 Å². The Morgan fingerprint density at radius 3 is 1.81 bits per heavy atom. The standard InChI is InChI=1S/C19H16F2/c1-14(16-9-5-3-6-10-16)18(13-19(21)15(2)20)17-11-7-4-8-12-17/h3-13H,2H2,1H3/b18-14-,19-13+. The SMILES string of the molecule is C=C(F)/C(F)=C\C(=C(/C)c1ccccc1)c1ccccc1. The van der Waals surface area contributed by atoms with Gasteiger partial charge in [0.1, 0.15) is 0 Å². The lowest BCUT2D eigenvalue weighted by Crippen LogP contribution is -1.89. The maximum atomic E-state index is 13.7. The lowest BCUT2D eigenvalue weighted by atomic mass is 9.95. The topological polar surface area (TPSA) is 0 Å². The first-order valence-electron chi connectivity index (χ1n) is 6.63. The predicted octanol–water partition coefficient (Wildman–Crippen LogP) is 5.95. The minimum absolute atomic E-state index is 0.637. The van der Waals surface area contributed by atoms with Gasteiger partial charge in [0.25, 0.3) is 0 Å². The number of hydrogen-bond donors (Lipinski definition) is 0. The van der Waals surface area contributed by atoms with Gasteiger partial charge in [0, 0.05) is 0 Å². The molecule has 0 spiro atoms. The summed E-state index contributed by atoms with van der Waals surface area (Å²) in [6.07, 6.45) is 1.19. The molecule has 2 aromatic carbocycles. The fraction of sp³-hybridized carbons (Fsp3) is 0.0526. The number of rotatable bonds is 4. The summed E-state index contributed by atoms with van der Waals surface area (Å²) in [5.74, 6) is -2.02. The summed E-state index contributed by atoms with van der Waals surface area (Å²) in [4.78, 5) is 0. The van der Waals surface area contributed by atoms with Crippen LogP contribution in [-0.2, 0) is 0 Å². The molecule has 0 heterocycles. The molecular formula is C19H16F2. The van der Waals surface area contributed by atoms with Crippen molar-refractivity contribution in [2.24, 2.45) is 0 Å². The van der Waals surface area contributed by atoms with Gasteiger partial charge in [0.15, 0.2) is 11.7 Å². The molecule has 2 aromatic rings. The van der Waals surface area contributed by atoms with E-state index in [2.05, 4.69) is 6.58 Å². The lowest BCUT2D eigenvalue weighted by Gasteiger charge is -2.10. The van der Waals surface area contributed by atoms with Crippen LogP contribution >= 0.6 is 0 Å². The summed E-state index contributed by atoms with van der Waals surface area (Å²) < 4.78 is 26.7. The van der Waals surface area contributed by atoms with Crippen LogP contribution in [0.1, 0.15) is 18.1 Å². The molecule has 2 heteroatoms. The second kappa shape index (κ2) is 6.80. The molecule has 2 rings (SSSR count). The molecule has 0 unspecified atom stereocenters. The summed E-state index contributed by atoms with van der Waals surface area (Å²) in [7, 11) is 0. The van der Waals surface area contributed by atoms with Gasteiger partial charge in [-0.2, -0.15) is 0 Å². The molecule has 106 valence electrons. The minimum Gasteiger partial charge on any atom is -0.204 e. The van der Waals surface area contributed by atoms with E-state index in [4.69, 9.17) is 0 Å². The number of hydrogen-bond acceptors (Lipinski definition) is 0. The molecule has 0 aliphatic heterocycles. The molecule has 0 bridgehead atoms. The summed E-state index contributed by atoms with van der Waals surface area (Å²) in [6, 6.07) is 19.0. The molecule has 0 saturated heterocycles. The van der Waals surface area contributed by atoms with Gasteiger partial charge in [-0.05, 0) is 35.3 Å². The summed E-state index contributed by atoms with van der Waals surface area (Å²) in [5.41, 5.74) is 3.30. The quantitative estimate of drug-likeness (QED) is 0.480. The Morgan fingerprint density at radius 2 is 1.33 bits per heavy atom. The highest BCUT2D eigenvalue weighted by atomic mass is 19.2. The number of allylic oxidation sites excluding steroid dienone is 5. The Hall–Kier alpha value is -2.48. The highest BCUT2D eigenvalue weighted by Gasteiger charge is 2.09. The van der Waals surface area contributed by atoms with Crippen molar-refractivity contribution >= 4 is 11.1 Å². The summed E-state index contributed by atoms with van der Waals surface area (Å²) in [5, 5.41) is 0. The van der Waals surface area contributed by atoms with E-state index < -0.39 is 11.7 Å². The Balaban J connectivity index is 2.61. The van der Waals surface area contributed by atoms with Crippen molar-refractivity contribution in [2.45, 2.75) is 6.92 Å². The van der Waals surface area contributed by atoms with E-state index in [1.807, 2.05) is 67.6 Å². The van der Waals surface area contributed by atoms with Gasteiger partial charge in [-0.1, -0.05) is 67.2 Å². The third-order valence-corrected chi connectivity index (χ3v) is 3.23. The molecule has 0 N–H and O–H groups in total. The van der Waals surface area contributed by atoms with Gasteiger partial charge in [-0.25, -0.2) is 8.78 Å². The number of halogens is 2. The largest absolute Gasteiger partial charge is 0.204 e. The molecule has 0 amide bonds. The predicted molar refractivity (Wildman–Crippen MR) is 84.8 cm³/mol. The zero-order valence-corrected chi connectivity index (χ0v) is 11.8. The normalized spacial score (nSPS) is 12.8. The van der Waals surface area contributed by atoms with E-state index in [-0.39, 0.29) is 0 Å².